The molecule has 1 aromatic rings. The van der Waals surface area contributed by atoms with Crippen molar-refractivity contribution in [1.82, 2.24) is 4.90 Å². The summed E-state index contributed by atoms with van der Waals surface area (Å²) in [5, 5.41) is 18.7. The summed E-state index contributed by atoms with van der Waals surface area (Å²) >= 11 is 0. The first-order chi connectivity index (χ1) is 9.00. The lowest BCUT2D eigenvalue weighted by Gasteiger charge is -2.32. The van der Waals surface area contributed by atoms with Gasteiger partial charge in [0.15, 0.2) is 0 Å². The average molecular weight is 265 g/mol. The number of rotatable bonds is 4. The maximum absolute atomic E-state index is 11.2. The molecule has 2 N–H and O–H groups in total. The fourth-order valence-electron chi connectivity index (χ4n) is 2.49. The number of carbonyl (C=O) groups is 1. The monoisotopic (exact) mass is 265 g/mol. The van der Waals surface area contributed by atoms with Crippen LogP contribution in [0.4, 0.5) is 0 Å². The maximum Gasteiger partial charge on any atom is 0.310 e. The summed E-state index contributed by atoms with van der Waals surface area (Å²) in [6, 6.07) is 6.90. The van der Waals surface area contributed by atoms with Gasteiger partial charge in [0.25, 0.3) is 0 Å². The fourth-order valence-corrected chi connectivity index (χ4v) is 2.49. The molecule has 1 fully saturated rings. The van der Waals surface area contributed by atoms with E-state index < -0.39 is 11.9 Å². The molecule has 1 aliphatic heterocycles. The number of hydrogen-bond donors (Lipinski definition) is 2. The third-order valence-electron chi connectivity index (χ3n) is 3.85. The summed E-state index contributed by atoms with van der Waals surface area (Å²) in [4.78, 5) is 13.2. The van der Waals surface area contributed by atoms with E-state index in [1.165, 1.54) is 0 Å². The van der Waals surface area contributed by atoms with Crippen LogP contribution in [0.1, 0.15) is 18.5 Å². The Morgan fingerprint density at radius 3 is 2.84 bits per heavy atom. The topological polar surface area (TPSA) is 70.0 Å². The van der Waals surface area contributed by atoms with Crippen molar-refractivity contribution in [3.63, 3.8) is 0 Å². The van der Waals surface area contributed by atoms with E-state index in [0.717, 1.165) is 5.56 Å². The molecule has 1 aliphatic rings. The van der Waals surface area contributed by atoms with Gasteiger partial charge in [0.1, 0.15) is 5.75 Å². The van der Waals surface area contributed by atoms with Gasteiger partial charge >= 0.3 is 5.97 Å². The first-order valence-corrected chi connectivity index (χ1v) is 6.32. The second-order valence-corrected chi connectivity index (χ2v) is 4.99. The van der Waals surface area contributed by atoms with Crippen molar-refractivity contribution in [2.45, 2.75) is 19.0 Å². The van der Waals surface area contributed by atoms with Crippen LogP contribution in [-0.2, 0) is 9.53 Å². The molecule has 5 heteroatoms. The third kappa shape index (κ3) is 2.88. The molecule has 0 radical (unpaired) electrons. The number of aliphatic carboxylic acids is 1. The van der Waals surface area contributed by atoms with Crippen molar-refractivity contribution in [2.24, 2.45) is 5.92 Å². The van der Waals surface area contributed by atoms with Gasteiger partial charge in [-0.15, -0.1) is 0 Å². The molecule has 3 atom stereocenters. The van der Waals surface area contributed by atoms with Gasteiger partial charge in [0.05, 0.1) is 19.1 Å². The highest BCUT2D eigenvalue weighted by atomic mass is 16.5. The number of carboxylic acid groups (broad SMARTS) is 1. The van der Waals surface area contributed by atoms with Crippen LogP contribution in [0.15, 0.2) is 24.3 Å². The van der Waals surface area contributed by atoms with Crippen molar-refractivity contribution < 1.29 is 19.7 Å². The summed E-state index contributed by atoms with van der Waals surface area (Å²) in [6.07, 6.45) is 0. The minimum atomic E-state index is -0.822. The molecule has 0 saturated carbocycles. The van der Waals surface area contributed by atoms with Crippen molar-refractivity contribution >= 4 is 5.97 Å². The summed E-state index contributed by atoms with van der Waals surface area (Å²) in [7, 11) is 1.89. The fraction of sp³-hybridized carbons (Fsp3) is 0.500. The van der Waals surface area contributed by atoms with Gasteiger partial charge in [0, 0.05) is 12.1 Å². The number of benzene rings is 1. The molecule has 104 valence electrons. The quantitative estimate of drug-likeness (QED) is 0.863. The van der Waals surface area contributed by atoms with Crippen LogP contribution in [-0.4, -0.2) is 47.4 Å². The van der Waals surface area contributed by atoms with Gasteiger partial charge in [0.2, 0.25) is 0 Å². The van der Waals surface area contributed by atoms with Crippen LogP contribution in [0.2, 0.25) is 0 Å². The largest absolute Gasteiger partial charge is 0.508 e. The Bertz CT molecular complexity index is 463. The molecule has 1 heterocycles. The first kappa shape index (κ1) is 13.8. The Morgan fingerprint density at radius 1 is 1.47 bits per heavy atom. The van der Waals surface area contributed by atoms with E-state index in [-0.39, 0.29) is 24.4 Å². The lowest BCUT2D eigenvalue weighted by Crippen LogP contribution is -2.42. The summed E-state index contributed by atoms with van der Waals surface area (Å²) in [5.41, 5.74) is 0.957. The molecule has 19 heavy (non-hydrogen) atoms. The lowest BCUT2D eigenvalue weighted by molar-refractivity contribution is -0.143. The highest BCUT2D eigenvalue weighted by Crippen LogP contribution is 2.28. The SMILES string of the molecule is CC(c1cccc(O)c1)N(C)C1COCC1C(=O)O. The Hall–Kier alpha value is -1.59. The summed E-state index contributed by atoms with van der Waals surface area (Å²) < 4.78 is 5.29. The molecule has 5 nitrogen and oxygen atoms in total. The third-order valence-corrected chi connectivity index (χ3v) is 3.85. The van der Waals surface area contributed by atoms with Crippen LogP contribution in [0.3, 0.4) is 0 Å². The standard InChI is InChI=1S/C14H19NO4/c1-9(10-4-3-5-11(16)6-10)15(2)13-8-19-7-12(13)14(17)18/h3-6,9,12-13,16H,7-8H2,1-2H3,(H,17,18). The van der Waals surface area contributed by atoms with Crippen LogP contribution < -0.4 is 0 Å². The predicted octanol–water partition coefficient (Wildman–Crippen LogP) is 1.48. The zero-order valence-electron chi connectivity index (χ0n) is 11.1. The Kier molecular flexibility index (Phi) is 4.07. The highest BCUT2D eigenvalue weighted by Gasteiger charge is 2.38. The Balaban J connectivity index is 2.14. The number of nitrogens with zero attached hydrogens (tertiary/aromatic N) is 1. The van der Waals surface area contributed by atoms with E-state index in [4.69, 9.17) is 4.74 Å². The molecule has 0 aliphatic carbocycles. The highest BCUT2D eigenvalue weighted by molar-refractivity contribution is 5.71. The van der Waals surface area contributed by atoms with Crippen molar-refractivity contribution in [2.75, 3.05) is 20.3 Å². The lowest BCUT2D eigenvalue weighted by atomic mass is 9.99. The number of hydrogen-bond acceptors (Lipinski definition) is 4. The minimum absolute atomic E-state index is 0.0145. The van der Waals surface area contributed by atoms with E-state index in [9.17, 15) is 15.0 Å². The number of ether oxygens (including phenoxy) is 1. The van der Waals surface area contributed by atoms with E-state index in [2.05, 4.69) is 0 Å². The number of phenols is 1. The average Bonchev–Trinajstić information content (AvgIpc) is 2.86. The number of carboxylic acids is 1. The smallest absolute Gasteiger partial charge is 0.310 e. The molecule has 1 saturated heterocycles. The second kappa shape index (κ2) is 5.59. The number of likely N-dealkylation sites (N-methyl/N-ethyl adjacent to an activating group) is 1. The molecular weight excluding hydrogens is 246 g/mol. The van der Waals surface area contributed by atoms with Gasteiger partial charge in [-0.2, -0.15) is 0 Å². The van der Waals surface area contributed by atoms with Crippen molar-refractivity contribution in [3.8, 4) is 5.75 Å². The van der Waals surface area contributed by atoms with Gasteiger partial charge in [-0.3, -0.25) is 9.69 Å². The van der Waals surface area contributed by atoms with Crippen molar-refractivity contribution in [1.29, 1.82) is 0 Å². The molecule has 0 spiro atoms. The van der Waals surface area contributed by atoms with Gasteiger partial charge in [-0.05, 0) is 31.7 Å². The molecule has 0 amide bonds. The second-order valence-electron chi connectivity index (χ2n) is 4.99. The Labute approximate surface area is 112 Å². The number of phenolic OH excluding ortho intramolecular Hbond substituents is 1. The molecule has 3 unspecified atom stereocenters. The van der Waals surface area contributed by atoms with Crippen LogP contribution in [0.25, 0.3) is 0 Å². The molecule has 1 aromatic carbocycles. The predicted molar refractivity (Wildman–Crippen MR) is 70.0 cm³/mol. The molecule has 0 aromatic heterocycles. The first-order valence-electron chi connectivity index (χ1n) is 6.32. The minimum Gasteiger partial charge on any atom is -0.508 e. The van der Waals surface area contributed by atoms with Crippen LogP contribution in [0.5, 0.6) is 5.75 Å². The Morgan fingerprint density at radius 2 is 2.21 bits per heavy atom. The van der Waals surface area contributed by atoms with Crippen molar-refractivity contribution in [3.05, 3.63) is 29.8 Å². The van der Waals surface area contributed by atoms with Crippen LogP contribution >= 0.6 is 0 Å². The normalized spacial score (nSPS) is 24.6. The zero-order chi connectivity index (χ0) is 14.0. The maximum atomic E-state index is 11.2. The van der Waals surface area contributed by atoms with E-state index in [1.54, 1.807) is 18.2 Å². The zero-order valence-corrected chi connectivity index (χ0v) is 11.1. The van der Waals surface area contributed by atoms with Gasteiger partial charge < -0.3 is 14.9 Å². The van der Waals surface area contributed by atoms with E-state index in [1.807, 2.05) is 24.9 Å². The summed E-state index contributed by atoms with van der Waals surface area (Å²) in [6.45, 7) is 2.68. The van der Waals surface area contributed by atoms with E-state index >= 15 is 0 Å². The number of aromatic hydroxyl groups is 1. The molecule has 2 rings (SSSR count). The molecule has 0 bridgehead atoms. The van der Waals surface area contributed by atoms with Gasteiger partial charge in [-0.25, -0.2) is 0 Å². The van der Waals surface area contributed by atoms with Gasteiger partial charge in [-0.1, -0.05) is 12.1 Å². The van der Waals surface area contributed by atoms with Crippen LogP contribution in [0, 0.1) is 5.92 Å². The van der Waals surface area contributed by atoms with E-state index in [0.29, 0.717) is 6.61 Å². The molecular formula is C14H19NO4. The summed E-state index contributed by atoms with van der Waals surface area (Å²) in [5.74, 6) is -1.10.